The molecule has 1 N–H and O–H groups in total. The van der Waals surface area contributed by atoms with Crippen molar-refractivity contribution < 1.29 is 19.1 Å². The molecule has 122 valence electrons. The SMILES string of the molecule is CC/C(C)=C/CSC[C@H](NC(=O)OC(C)(C)C)C(=O)OC. The van der Waals surface area contributed by atoms with E-state index >= 15 is 0 Å². The van der Waals surface area contributed by atoms with Gasteiger partial charge in [-0.2, -0.15) is 11.8 Å². The zero-order valence-corrected chi connectivity index (χ0v) is 14.6. The van der Waals surface area contributed by atoms with Crippen molar-refractivity contribution in [3.8, 4) is 0 Å². The lowest BCUT2D eigenvalue weighted by Crippen LogP contribution is -2.45. The van der Waals surface area contributed by atoms with E-state index < -0.39 is 23.7 Å². The largest absolute Gasteiger partial charge is 0.467 e. The second-order valence-electron chi connectivity index (χ2n) is 5.66. The second-order valence-corrected chi connectivity index (χ2v) is 6.74. The highest BCUT2D eigenvalue weighted by molar-refractivity contribution is 7.99. The summed E-state index contributed by atoms with van der Waals surface area (Å²) >= 11 is 1.56. The number of allylic oxidation sites excluding steroid dienone is 1. The Hall–Kier alpha value is -1.17. The molecule has 0 fully saturated rings. The van der Waals surface area contributed by atoms with E-state index in [1.165, 1.54) is 12.7 Å². The van der Waals surface area contributed by atoms with E-state index in [9.17, 15) is 9.59 Å². The molecule has 0 saturated carbocycles. The second kappa shape index (κ2) is 9.71. The highest BCUT2D eigenvalue weighted by Gasteiger charge is 2.24. The van der Waals surface area contributed by atoms with E-state index in [2.05, 4.69) is 25.2 Å². The molecular formula is C15H27NO4S. The van der Waals surface area contributed by atoms with E-state index in [4.69, 9.17) is 9.47 Å². The minimum atomic E-state index is -0.704. The number of carbonyl (C=O) groups excluding carboxylic acids is 2. The summed E-state index contributed by atoms with van der Waals surface area (Å²) in [5.41, 5.74) is 0.705. The van der Waals surface area contributed by atoms with Crippen LogP contribution in [0.15, 0.2) is 11.6 Å². The quantitative estimate of drug-likeness (QED) is 0.444. The molecule has 0 bridgehead atoms. The van der Waals surface area contributed by atoms with Crippen molar-refractivity contribution in [2.45, 2.75) is 52.7 Å². The Morgan fingerprint density at radius 3 is 2.43 bits per heavy atom. The fourth-order valence-electron chi connectivity index (χ4n) is 1.29. The number of esters is 1. The highest BCUT2D eigenvalue weighted by Crippen LogP contribution is 2.10. The van der Waals surface area contributed by atoms with Gasteiger partial charge in [0.15, 0.2) is 0 Å². The smallest absolute Gasteiger partial charge is 0.408 e. The van der Waals surface area contributed by atoms with Gasteiger partial charge in [-0.05, 0) is 34.1 Å². The fraction of sp³-hybridized carbons (Fsp3) is 0.733. The molecule has 0 aromatic heterocycles. The normalized spacial score (nSPS) is 13.5. The number of rotatable bonds is 7. The zero-order chi connectivity index (χ0) is 16.5. The fourth-order valence-corrected chi connectivity index (χ4v) is 2.29. The van der Waals surface area contributed by atoms with Gasteiger partial charge in [-0.1, -0.05) is 18.6 Å². The lowest BCUT2D eigenvalue weighted by atomic mass is 10.2. The van der Waals surface area contributed by atoms with Crippen LogP contribution in [0.4, 0.5) is 4.79 Å². The molecule has 0 aromatic rings. The van der Waals surface area contributed by atoms with Crippen LogP contribution in [0.5, 0.6) is 0 Å². The lowest BCUT2D eigenvalue weighted by molar-refractivity contribution is -0.142. The van der Waals surface area contributed by atoms with Crippen molar-refractivity contribution in [1.29, 1.82) is 0 Å². The summed E-state index contributed by atoms with van der Waals surface area (Å²) in [5.74, 6) is 0.771. The maximum Gasteiger partial charge on any atom is 0.408 e. The van der Waals surface area contributed by atoms with Gasteiger partial charge in [0.2, 0.25) is 0 Å². The predicted octanol–water partition coefficient (Wildman–Crippen LogP) is 3.14. The monoisotopic (exact) mass is 317 g/mol. The number of amides is 1. The van der Waals surface area contributed by atoms with Crippen molar-refractivity contribution >= 4 is 23.8 Å². The third kappa shape index (κ3) is 10.2. The molecule has 1 amide bonds. The zero-order valence-electron chi connectivity index (χ0n) is 13.8. The molecule has 5 nitrogen and oxygen atoms in total. The van der Waals surface area contributed by atoms with Gasteiger partial charge in [-0.15, -0.1) is 0 Å². The third-order valence-electron chi connectivity index (χ3n) is 2.57. The number of carbonyl (C=O) groups is 2. The lowest BCUT2D eigenvalue weighted by Gasteiger charge is -2.22. The maximum atomic E-state index is 11.7. The summed E-state index contributed by atoms with van der Waals surface area (Å²) < 4.78 is 9.85. The summed E-state index contributed by atoms with van der Waals surface area (Å²) in [6, 6.07) is -0.704. The van der Waals surface area contributed by atoms with Crippen LogP contribution in [0.2, 0.25) is 0 Å². The first-order valence-corrected chi connectivity index (χ1v) is 8.15. The van der Waals surface area contributed by atoms with Crippen molar-refractivity contribution in [2.24, 2.45) is 0 Å². The summed E-state index contributed by atoms with van der Waals surface area (Å²) in [6.07, 6.45) is 2.52. The van der Waals surface area contributed by atoms with Crippen molar-refractivity contribution in [2.75, 3.05) is 18.6 Å². The van der Waals surface area contributed by atoms with Crippen molar-refractivity contribution in [3.05, 3.63) is 11.6 Å². The van der Waals surface area contributed by atoms with E-state index in [0.717, 1.165) is 12.2 Å². The predicted molar refractivity (Wildman–Crippen MR) is 86.5 cm³/mol. The Kier molecular flexibility index (Phi) is 9.17. The van der Waals surface area contributed by atoms with Gasteiger partial charge in [0, 0.05) is 11.5 Å². The van der Waals surface area contributed by atoms with Gasteiger partial charge in [-0.25, -0.2) is 9.59 Å². The number of hydrogen-bond donors (Lipinski definition) is 1. The van der Waals surface area contributed by atoms with Crippen LogP contribution in [0.25, 0.3) is 0 Å². The molecular weight excluding hydrogens is 290 g/mol. The molecule has 0 heterocycles. The first-order chi connectivity index (χ1) is 9.69. The molecule has 21 heavy (non-hydrogen) atoms. The summed E-state index contributed by atoms with van der Waals surface area (Å²) in [6.45, 7) is 9.47. The maximum absolute atomic E-state index is 11.7. The van der Waals surface area contributed by atoms with Crippen molar-refractivity contribution in [1.82, 2.24) is 5.32 Å². The van der Waals surface area contributed by atoms with Gasteiger partial charge in [0.1, 0.15) is 11.6 Å². The molecule has 0 saturated heterocycles. The Bertz CT molecular complexity index is 374. The van der Waals surface area contributed by atoms with Gasteiger partial charge >= 0.3 is 12.1 Å². The van der Waals surface area contributed by atoms with Gasteiger partial charge in [0.25, 0.3) is 0 Å². The van der Waals surface area contributed by atoms with E-state index in [0.29, 0.717) is 5.75 Å². The molecule has 0 unspecified atom stereocenters. The number of hydrogen-bond acceptors (Lipinski definition) is 5. The minimum absolute atomic E-state index is 0.444. The standard InChI is InChI=1S/C15H27NO4S/c1-7-11(2)8-9-21-10-12(13(17)19-6)16-14(18)20-15(3,4)5/h8,12H,7,9-10H2,1-6H3,(H,16,18)/b11-8+/t12-/m0/s1. The number of alkyl carbamates (subject to hydrolysis) is 1. The summed E-state index contributed by atoms with van der Waals surface area (Å²) in [4.78, 5) is 23.4. The van der Waals surface area contributed by atoms with E-state index in [-0.39, 0.29) is 0 Å². The first-order valence-electron chi connectivity index (χ1n) is 7.00. The van der Waals surface area contributed by atoms with Crippen LogP contribution in [-0.4, -0.2) is 42.3 Å². The summed E-state index contributed by atoms with van der Waals surface area (Å²) in [7, 11) is 1.30. The Balaban J connectivity index is 4.40. The molecule has 0 aromatic carbocycles. The minimum Gasteiger partial charge on any atom is -0.467 e. The van der Waals surface area contributed by atoms with Gasteiger partial charge < -0.3 is 14.8 Å². The Labute approximate surface area is 131 Å². The Morgan fingerprint density at radius 1 is 1.33 bits per heavy atom. The van der Waals surface area contributed by atoms with Gasteiger partial charge in [0.05, 0.1) is 7.11 Å². The average molecular weight is 317 g/mol. The molecule has 0 aliphatic rings. The highest BCUT2D eigenvalue weighted by atomic mass is 32.2. The van der Waals surface area contributed by atoms with Crippen LogP contribution in [-0.2, 0) is 14.3 Å². The van der Waals surface area contributed by atoms with Crippen LogP contribution in [0, 0.1) is 0 Å². The van der Waals surface area contributed by atoms with Crippen LogP contribution in [0.1, 0.15) is 41.0 Å². The summed E-state index contributed by atoms with van der Waals surface area (Å²) in [5, 5.41) is 2.55. The number of thioether (sulfide) groups is 1. The van der Waals surface area contributed by atoms with Gasteiger partial charge in [-0.3, -0.25) is 0 Å². The van der Waals surface area contributed by atoms with E-state index in [1.54, 1.807) is 32.5 Å². The molecule has 0 aliphatic carbocycles. The molecule has 6 heteroatoms. The van der Waals surface area contributed by atoms with Crippen LogP contribution in [0.3, 0.4) is 0 Å². The molecule has 0 radical (unpaired) electrons. The molecule has 0 rings (SSSR count). The topological polar surface area (TPSA) is 64.6 Å². The van der Waals surface area contributed by atoms with Crippen LogP contribution >= 0.6 is 11.8 Å². The molecule has 1 atom stereocenters. The number of methoxy groups -OCH3 is 1. The molecule has 0 spiro atoms. The first kappa shape index (κ1) is 19.8. The third-order valence-corrected chi connectivity index (χ3v) is 3.54. The van der Waals surface area contributed by atoms with E-state index in [1.807, 2.05) is 0 Å². The van der Waals surface area contributed by atoms with Crippen LogP contribution < -0.4 is 5.32 Å². The number of nitrogens with one attached hydrogen (secondary N) is 1. The Morgan fingerprint density at radius 2 is 1.95 bits per heavy atom. The average Bonchev–Trinajstić information content (AvgIpc) is 2.38. The van der Waals surface area contributed by atoms with Crippen molar-refractivity contribution in [3.63, 3.8) is 0 Å². The number of ether oxygens (including phenoxy) is 2. The molecule has 0 aliphatic heterocycles.